The molecule has 8 heteroatoms. The average molecular weight is 458 g/mol. The van der Waals surface area contributed by atoms with Crippen molar-refractivity contribution in [2.45, 2.75) is 50.9 Å². The van der Waals surface area contributed by atoms with Crippen LogP contribution in [0.4, 0.5) is 10.1 Å². The number of carbonyl (C=O) groups excluding carboxylic acids is 1. The Morgan fingerprint density at radius 1 is 1.20 bits per heavy atom. The van der Waals surface area contributed by atoms with Gasteiger partial charge < -0.3 is 21.4 Å². The van der Waals surface area contributed by atoms with Crippen LogP contribution < -0.4 is 11.5 Å². The molecule has 0 spiro atoms. The van der Waals surface area contributed by atoms with Crippen molar-refractivity contribution in [3.63, 3.8) is 0 Å². The Morgan fingerprint density at radius 3 is 2.23 bits per heavy atom. The number of nitrogen functional groups attached to an aromatic ring is 1. The number of benzene rings is 2. The molecule has 30 heavy (non-hydrogen) atoms. The van der Waals surface area contributed by atoms with Crippen LogP contribution in [0.1, 0.15) is 38.7 Å². The van der Waals surface area contributed by atoms with Crippen LogP contribution in [0.5, 0.6) is 0 Å². The number of anilines is 1. The summed E-state index contributed by atoms with van der Waals surface area (Å²) < 4.78 is 14.2. The van der Waals surface area contributed by atoms with Gasteiger partial charge in [-0.25, -0.2) is 4.39 Å². The lowest BCUT2D eigenvalue weighted by molar-refractivity contribution is -0.0979. The summed E-state index contributed by atoms with van der Waals surface area (Å²) in [4.78, 5) is 10.1. The first-order valence-electron chi connectivity index (χ1n) is 9.45. The monoisotopic (exact) mass is 457 g/mol. The van der Waals surface area contributed by atoms with Crippen LogP contribution in [0.15, 0.2) is 42.5 Å². The van der Waals surface area contributed by atoms with Gasteiger partial charge in [-0.05, 0) is 57.0 Å². The number of nitrogens with zero attached hydrogens (tertiary/aromatic N) is 1. The molecule has 0 saturated carbocycles. The highest BCUT2D eigenvalue weighted by Crippen LogP contribution is 2.40. The van der Waals surface area contributed by atoms with Crippen LogP contribution in [0.2, 0.25) is 10.0 Å². The highest BCUT2D eigenvalue weighted by Gasteiger charge is 2.45. The molecule has 1 heterocycles. The van der Waals surface area contributed by atoms with E-state index in [9.17, 15) is 9.50 Å². The number of halogens is 3. The molecule has 3 atom stereocenters. The molecule has 5 nitrogen and oxygen atoms in total. The van der Waals surface area contributed by atoms with Crippen molar-refractivity contribution >= 4 is 35.7 Å². The molecule has 1 aliphatic rings. The van der Waals surface area contributed by atoms with Gasteiger partial charge in [-0.15, -0.1) is 0 Å². The molecule has 0 amide bonds. The maximum absolute atomic E-state index is 14.2. The zero-order valence-corrected chi connectivity index (χ0v) is 19.0. The number of rotatable bonds is 2. The molecule has 3 rings (SSSR count). The van der Waals surface area contributed by atoms with Crippen molar-refractivity contribution in [3.05, 3.63) is 63.9 Å². The van der Waals surface area contributed by atoms with Gasteiger partial charge >= 0.3 is 0 Å². The molecular formula is C22H30Cl2FN3O2. The Kier molecular flexibility index (Phi) is 10.2. The SMILES string of the molecule is C=O.CC(C)(C)N1C(N)C(c2cccc(Cl)c2F)C[C@@H]1CO.Nc1cccc(Cl)c1. The van der Waals surface area contributed by atoms with Crippen LogP contribution >= 0.6 is 23.2 Å². The third-order valence-corrected chi connectivity index (χ3v) is 5.39. The van der Waals surface area contributed by atoms with Crippen LogP contribution in [0, 0.1) is 5.82 Å². The van der Waals surface area contributed by atoms with Gasteiger partial charge in [-0.3, -0.25) is 4.90 Å². The average Bonchev–Trinajstić information content (AvgIpc) is 3.02. The Hall–Kier alpha value is -1.70. The molecule has 1 aliphatic heterocycles. The van der Waals surface area contributed by atoms with Crippen LogP contribution in [-0.2, 0) is 4.79 Å². The van der Waals surface area contributed by atoms with E-state index >= 15 is 0 Å². The van der Waals surface area contributed by atoms with Gasteiger partial charge in [0.05, 0.1) is 17.8 Å². The summed E-state index contributed by atoms with van der Waals surface area (Å²) in [6.07, 6.45) is 0.298. The van der Waals surface area contributed by atoms with Gasteiger partial charge in [0.2, 0.25) is 0 Å². The van der Waals surface area contributed by atoms with E-state index in [-0.39, 0.29) is 35.3 Å². The number of aliphatic hydroxyl groups is 1. The van der Waals surface area contributed by atoms with E-state index in [0.29, 0.717) is 22.7 Å². The summed E-state index contributed by atoms with van der Waals surface area (Å²) in [5.41, 5.74) is 12.8. The minimum Gasteiger partial charge on any atom is -0.399 e. The van der Waals surface area contributed by atoms with Gasteiger partial charge in [0.15, 0.2) is 0 Å². The molecule has 166 valence electrons. The number of aliphatic hydroxyl groups excluding tert-OH is 1. The van der Waals surface area contributed by atoms with E-state index in [1.165, 1.54) is 6.07 Å². The molecule has 2 aromatic rings. The Balaban J connectivity index is 0.000000375. The minimum atomic E-state index is -0.401. The maximum Gasteiger partial charge on any atom is 0.145 e. The Bertz CT molecular complexity index is 800. The quantitative estimate of drug-likeness (QED) is 0.579. The molecule has 1 fully saturated rings. The second-order valence-electron chi connectivity index (χ2n) is 7.95. The van der Waals surface area contributed by atoms with E-state index in [0.717, 1.165) is 0 Å². The number of hydrogen-bond acceptors (Lipinski definition) is 5. The van der Waals surface area contributed by atoms with Crippen molar-refractivity contribution < 1.29 is 14.3 Å². The molecule has 2 unspecified atom stereocenters. The molecular weight excluding hydrogens is 428 g/mol. The lowest BCUT2D eigenvalue weighted by Gasteiger charge is -2.40. The lowest BCUT2D eigenvalue weighted by atomic mass is 9.94. The van der Waals surface area contributed by atoms with Crippen LogP contribution in [0.3, 0.4) is 0 Å². The smallest absolute Gasteiger partial charge is 0.145 e. The molecule has 2 aromatic carbocycles. The first-order chi connectivity index (χ1) is 14.1. The molecule has 0 aromatic heterocycles. The largest absolute Gasteiger partial charge is 0.399 e. The van der Waals surface area contributed by atoms with E-state index < -0.39 is 5.82 Å². The zero-order chi connectivity index (χ0) is 23.1. The number of carbonyl (C=O) groups is 1. The van der Waals surface area contributed by atoms with Crippen molar-refractivity contribution in [2.24, 2.45) is 5.73 Å². The highest BCUT2D eigenvalue weighted by molar-refractivity contribution is 6.31. The summed E-state index contributed by atoms with van der Waals surface area (Å²) in [7, 11) is 0. The van der Waals surface area contributed by atoms with Crippen molar-refractivity contribution in [1.29, 1.82) is 0 Å². The fraction of sp³-hybridized carbons (Fsp3) is 0.409. The zero-order valence-electron chi connectivity index (χ0n) is 17.5. The normalized spacial score (nSPS) is 21.3. The van der Waals surface area contributed by atoms with E-state index in [1.807, 2.05) is 33.6 Å². The fourth-order valence-corrected chi connectivity index (χ4v) is 4.15. The molecule has 0 bridgehead atoms. The Labute approximate surface area is 187 Å². The maximum atomic E-state index is 14.2. The van der Waals surface area contributed by atoms with Crippen molar-refractivity contribution in [2.75, 3.05) is 12.3 Å². The topological polar surface area (TPSA) is 92.6 Å². The predicted octanol–water partition coefficient (Wildman–Crippen LogP) is 4.45. The predicted molar refractivity (Wildman–Crippen MR) is 122 cm³/mol. The highest BCUT2D eigenvalue weighted by atomic mass is 35.5. The van der Waals surface area contributed by atoms with Crippen molar-refractivity contribution in [1.82, 2.24) is 4.90 Å². The lowest BCUT2D eigenvalue weighted by Crippen LogP contribution is -2.54. The summed E-state index contributed by atoms with van der Waals surface area (Å²) >= 11 is 11.4. The number of likely N-dealkylation sites (tertiary alicyclic amines) is 1. The van der Waals surface area contributed by atoms with Gasteiger partial charge in [-0.1, -0.05) is 41.4 Å². The van der Waals surface area contributed by atoms with Crippen molar-refractivity contribution in [3.8, 4) is 0 Å². The Morgan fingerprint density at radius 2 is 1.80 bits per heavy atom. The molecule has 0 radical (unpaired) electrons. The second kappa shape index (κ2) is 11.6. The number of nitrogens with two attached hydrogens (primary N) is 2. The first kappa shape index (κ1) is 26.3. The van der Waals surface area contributed by atoms with Gasteiger partial charge in [0.1, 0.15) is 12.6 Å². The third kappa shape index (κ3) is 6.65. The summed E-state index contributed by atoms with van der Waals surface area (Å²) in [6.45, 7) is 8.16. The number of hydrogen-bond donors (Lipinski definition) is 3. The van der Waals surface area contributed by atoms with Gasteiger partial charge in [-0.2, -0.15) is 0 Å². The van der Waals surface area contributed by atoms with Crippen LogP contribution in [-0.4, -0.2) is 41.1 Å². The van der Waals surface area contributed by atoms with E-state index in [4.69, 9.17) is 39.5 Å². The molecule has 5 N–H and O–H groups in total. The van der Waals surface area contributed by atoms with Gasteiger partial charge in [0.25, 0.3) is 0 Å². The summed E-state index contributed by atoms with van der Waals surface area (Å²) in [5.74, 6) is -0.563. The van der Waals surface area contributed by atoms with Gasteiger partial charge in [0, 0.05) is 28.2 Å². The molecule has 1 saturated heterocycles. The van der Waals surface area contributed by atoms with E-state index in [2.05, 4.69) is 4.90 Å². The summed E-state index contributed by atoms with van der Waals surface area (Å²) in [6, 6.07) is 12.1. The second-order valence-corrected chi connectivity index (χ2v) is 8.79. The van der Waals surface area contributed by atoms with Crippen LogP contribution in [0.25, 0.3) is 0 Å². The summed E-state index contributed by atoms with van der Waals surface area (Å²) in [5, 5.41) is 10.4. The van der Waals surface area contributed by atoms with E-state index in [1.54, 1.807) is 30.3 Å². The minimum absolute atomic E-state index is 0.0175. The standard InChI is InChI=1S/C15H22ClFN2O.C6H6ClN.CH2O/c1-15(2,3)19-9(8-20)7-11(14(19)18)10-5-4-6-12(16)13(10)17;7-5-2-1-3-6(8)4-5;1-2/h4-6,9,11,14,20H,7-8,18H2,1-3H3;1-4H,8H2;1H2/t9-,11?,14?;;/m1../s1. The molecule has 0 aliphatic carbocycles. The third-order valence-electron chi connectivity index (χ3n) is 4.87. The fourth-order valence-electron chi connectivity index (χ4n) is 3.77. The first-order valence-corrected chi connectivity index (χ1v) is 10.2.